The maximum absolute atomic E-state index is 10.9. The van der Waals surface area contributed by atoms with Crippen molar-refractivity contribution in [3.63, 3.8) is 0 Å². The molecule has 0 saturated heterocycles. The summed E-state index contributed by atoms with van der Waals surface area (Å²) in [5.74, 6) is -0.190. The van der Waals surface area contributed by atoms with Gasteiger partial charge in [0.2, 0.25) is 0 Å². The van der Waals surface area contributed by atoms with Gasteiger partial charge < -0.3 is 9.52 Å². The van der Waals surface area contributed by atoms with Crippen LogP contribution in [0.5, 0.6) is 0 Å². The molecule has 4 aromatic rings. The van der Waals surface area contributed by atoms with Gasteiger partial charge in [-0.3, -0.25) is 4.68 Å². The minimum absolute atomic E-state index is 0.257. The predicted molar refractivity (Wildman–Crippen MR) is 90.8 cm³/mol. The van der Waals surface area contributed by atoms with Crippen LogP contribution in [0.4, 0.5) is 0 Å². The summed E-state index contributed by atoms with van der Waals surface area (Å²) in [5, 5.41) is 14.5. The highest BCUT2D eigenvalue weighted by atomic mass is 16.4. The van der Waals surface area contributed by atoms with Crippen molar-refractivity contribution in [3.05, 3.63) is 66.2 Å². The van der Waals surface area contributed by atoms with Crippen LogP contribution in [-0.2, 0) is 7.05 Å². The highest BCUT2D eigenvalue weighted by Gasteiger charge is 2.13. The lowest BCUT2D eigenvalue weighted by Crippen LogP contribution is -1.95. The average molecular weight is 318 g/mol. The lowest BCUT2D eigenvalue weighted by molar-refractivity contribution is 0.0697. The van der Waals surface area contributed by atoms with Gasteiger partial charge >= 0.3 is 5.97 Å². The number of fused-ring (bicyclic) bond motifs is 1. The van der Waals surface area contributed by atoms with Crippen molar-refractivity contribution in [1.82, 2.24) is 9.78 Å². The number of carbonyl (C=O) groups is 1. The van der Waals surface area contributed by atoms with Crippen LogP contribution in [0.15, 0.2) is 65.1 Å². The molecule has 2 heterocycles. The van der Waals surface area contributed by atoms with Gasteiger partial charge in [-0.1, -0.05) is 30.3 Å². The summed E-state index contributed by atoms with van der Waals surface area (Å²) < 4.78 is 7.66. The summed E-state index contributed by atoms with van der Waals surface area (Å²) in [6, 6.07) is 18.4. The average Bonchev–Trinajstić information content (AvgIpc) is 3.18. The summed E-state index contributed by atoms with van der Waals surface area (Å²) in [4.78, 5) is 10.9. The van der Waals surface area contributed by atoms with Crippen molar-refractivity contribution < 1.29 is 14.3 Å². The smallest absolute Gasteiger partial charge is 0.335 e. The van der Waals surface area contributed by atoms with Crippen LogP contribution in [0, 0.1) is 0 Å². The van der Waals surface area contributed by atoms with E-state index >= 15 is 0 Å². The maximum atomic E-state index is 10.9. The predicted octanol–water partition coefficient (Wildman–Crippen LogP) is 4.20. The molecule has 24 heavy (non-hydrogen) atoms. The number of nitrogens with zero attached hydrogens (tertiary/aromatic N) is 2. The van der Waals surface area contributed by atoms with E-state index in [2.05, 4.69) is 5.10 Å². The highest BCUT2D eigenvalue weighted by molar-refractivity contribution is 5.88. The quantitative estimate of drug-likeness (QED) is 0.615. The van der Waals surface area contributed by atoms with Crippen LogP contribution in [0.2, 0.25) is 0 Å². The molecule has 5 nitrogen and oxygen atoms in total. The van der Waals surface area contributed by atoms with Crippen molar-refractivity contribution in [2.75, 3.05) is 0 Å². The first-order valence-electron chi connectivity index (χ1n) is 7.48. The summed E-state index contributed by atoms with van der Waals surface area (Å²) in [6.07, 6.45) is 0. The highest BCUT2D eigenvalue weighted by Crippen LogP contribution is 2.30. The number of hydrogen-bond acceptors (Lipinski definition) is 3. The SMILES string of the molecule is Cn1nc(-c2ccc(C(=O)O)cc2)cc1-c1cc2ccccc2o1. The van der Waals surface area contributed by atoms with Crippen LogP contribution < -0.4 is 0 Å². The van der Waals surface area contributed by atoms with Crippen molar-refractivity contribution in [2.45, 2.75) is 0 Å². The molecule has 0 radical (unpaired) electrons. The van der Waals surface area contributed by atoms with E-state index in [1.165, 1.54) is 0 Å². The standard InChI is InChI=1S/C19H14N2O3/c1-21-16(18-10-14-4-2-3-5-17(14)24-18)11-15(20-21)12-6-8-13(9-7-12)19(22)23/h2-11H,1H3,(H,22,23). The first-order chi connectivity index (χ1) is 11.6. The molecule has 2 aromatic heterocycles. The number of para-hydroxylation sites is 1. The summed E-state index contributed by atoms with van der Waals surface area (Å²) in [6.45, 7) is 0. The molecule has 0 aliphatic carbocycles. The third-order valence-electron chi connectivity index (χ3n) is 3.99. The summed E-state index contributed by atoms with van der Waals surface area (Å²) >= 11 is 0. The second kappa shape index (κ2) is 5.38. The molecule has 0 spiro atoms. The van der Waals surface area contributed by atoms with Crippen LogP contribution in [0.25, 0.3) is 33.7 Å². The second-order valence-corrected chi connectivity index (χ2v) is 5.57. The number of aryl methyl sites for hydroxylation is 1. The Bertz CT molecular complexity index is 1010. The maximum Gasteiger partial charge on any atom is 0.335 e. The molecule has 0 saturated carbocycles. The normalized spacial score (nSPS) is 11.0. The number of benzene rings is 2. The number of carboxylic acids is 1. The van der Waals surface area contributed by atoms with Gasteiger partial charge in [-0.25, -0.2) is 4.79 Å². The fourth-order valence-electron chi connectivity index (χ4n) is 2.73. The minimum atomic E-state index is -0.939. The van der Waals surface area contributed by atoms with Crippen molar-refractivity contribution in [2.24, 2.45) is 7.05 Å². The number of hydrogen-bond donors (Lipinski definition) is 1. The van der Waals surface area contributed by atoms with E-state index in [-0.39, 0.29) is 5.56 Å². The van der Waals surface area contributed by atoms with Crippen molar-refractivity contribution in [3.8, 4) is 22.7 Å². The van der Waals surface area contributed by atoms with Gasteiger partial charge in [-0.15, -0.1) is 0 Å². The van der Waals surface area contributed by atoms with Gasteiger partial charge in [-0.05, 0) is 30.3 Å². The number of aromatic carboxylic acids is 1. The molecule has 0 fully saturated rings. The summed E-state index contributed by atoms with van der Waals surface area (Å²) in [7, 11) is 1.86. The lowest BCUT2D eigenvalue weighted by atomic mass is 10.1. The van der Waals surface area contributed by atoms with Crippen molar-refractivity contribution in [1.29, 1.82) is 0 Å². The van der Waals surface area contributed by atoms with E-state index < -0.39 is 5.97 Å². The Labute approximate surface area is 137 Å². The molecule has 0 atom stereocenters. The van der Waals surface area contributed by atoms with E-state index in [0.29, 0.717) is 0 Å². The fourth-order valence-corrected chi connectivity index (χ4v) is 2.73. The molecule has 1 N–H and O–H groups in total. The number of aromatic nitrogens is 2. The molecule has 5 heteroatoms. The molecule has 118 valence electrons. The van der Waals surface area contributed by atoms with Crippen molar-refractivity contribution >= 4 is 16.9 Å². The fraction of sp³-hybridized carbons (Fsp3) is 0.0526. The largest absolute Gasteiger partial charge is 0.478 e. The zero-order valence-corrected chi connectivity index (χ0v) is 12.9. The van der Waals surface area contributed by atoms with E-state index in [9.17, 15) is 4.79 Å². The zero-order chi connectivity index (χ0) is 16.7. The van der Waals surface area contributed by atoms with E-state index in [0.717, 1.165) is 33.7 Å². The molecule has 0 amide bonds. The Kier molecular flexibility index (Phi) is 3.20. The molecule has 0 bridgehead atoms. The molecule has 4 rings (SSSR count). The number of furan rings is 1. The molecular formula is C19H14N2O3. The molecule has 0 unspecified atom stereocenters. The first kappa shape index (κ1) is 14.3. The van der Waals surface area contributed by atoms with Crippen LogP contribution in [0.1, 0.15) is 10.4 Å². The summed E-state index contributed by atoms with van der Waals surface area (Å²) in [5.41, 5.74) is 3.58. The van der Waals surface area contributed by atoms with Gasteiger partial charge in [0.25, 0.3) is 0 Å². The Morgan fingerprint density at radius 1 is 1.08 bits per heavy atom. The third kappa shape index (κ3) is 2.36. The Balaban J connectivity index is 1.75. The van der Waals surface area contributed by atoms with E-state index in [4.69, 9.17) is 9.52 Å². The Morgan fingerprint density at radius 2 is 1.83 bits per heavy atom. The first-order valence-corrected chi connectivity index (χ1v) is 7.48. The van der Waals surface area contributed by atoms with Crippen LogP contribution in [0.3, 0.4) is 0 Å². The van der Waals surface area contributed by atoms with Crippen LogP contribution >= 0.6 is 0 Å². The molecule has 0 aliphatic rings. The van der Waals surface area contributed by atoms with Gasteiger partial charge in [0, 0.05) is 18.0 Å². The number of rotatable bonds is 3. The molecular weight excluding hydrogens is 304 g/mol. The second-order valence-electron chi connectivity index (χ2n) is 5.57. The monoisotopic (exact) mass is 318 g/mol. The Morgan fingerprint density at radius 3 is 2.54 bits per heavy atom. The van der Waals surface area contributed by atoms with E-state index in [1.54, 1.807) is 28.9 Å². The third-order valence-corrected chi connectivity index (χ3v) is 3.99. The van der Waals surface area contributed by atoms with Gasteiger partial charge in [0.1, 0.15) is 11.3 Å². The lowest BCUT2D eigenvalue weighted by Gasteiger charge is -1.97. The molecule has 2 aromatic carbocycles. The Hall–Kier alpha value is -3.34. The zero-order valence-electron chi connectivity index (χ0n) is 12.9. The van der Waals surface area contributed by atoms with Gasteiger partial charge in [0.05, 0.1) is 11.3 Å². The number of carboxylic acid groups (broad SMARTS) is 1. The topological polar surface area (TPSA) is 68.3 Å². The van der Waals surface area contributed by atoms with Gasteiger partial charge in [-0.2, -0.15) is 5.10 Å². The van der Waals surface area contributed by atoms with Gasteiger partial charge in [0.15, 0.2) is 5.76 Å². The van der Waals surface area contributed by atoms with E-state index in [1.807, 2.05) is 43.4 Å². The molecule has 0 aliphatic heterocycles. The minimum Gasteiger partial charge on any atom is -0.478 e. The van der Waals surface area contributed by atoms with Crippen LogP contribution in [-0.4, -0.2) is 20.9 Å².